The van der Waals surface area contributed by atoms with Gasteiger partial charge in [0.25, 0.3) is 11.8 Å². The largest absolute Gasteiger partial charge is 0.270 e. The van der Waals surface area contributed by atoms with Gasteiger partial charge in [-0.1, -0.05) is 18.2 Å². The molecule has 0 atom stereocenters. The number of halogens is 2. The number of amides is 2. The van der Waals surface area contributed by atoms with Crippen LogP contribution in [0, 0.1) is 12.7 Å². The number of rotatable bonds is 2. The van der Waals surface area contributed by atoms with Crippen molar-refractivity contribution >= 4 is 27.7 Å². The molecule has 0 fully saturated rings. The monoisotopic (exact) mass is 350 g/mol. The standard InChI is InChI=1S/C15H12BrFN2O2/c1-9-6-7-10(8-13(9)17)14(20)18-19-15(21)11-4-2-3-5-12(11)16/h2-8H,1H3,(H,18,20)(H,19,21). The first-order valence-electron chi connectivity index (χ1n) is 6.10. The van der Waals surface area contributed by atoms with Crippen molar-refractivity contribution in [1.29, 1.82) is 0 Å². The number of hydrogen-bond acceptors (Lipinski definition) is 2. The van der Waals surface area contributed by atoms with Crippen molar-refractivity contribution in [3.05, 3.63) is 69.4 Å². The summed E-state index contributed by atoms with van der Waals surface area (Å²) in [5.41, 5.74) is 5.49. The molecule has 0 saturated heterocycles. The van der Waals surface area contributed by atoms with Crippen molar-refractivity contribution in [1.82, 2.24) is 10.9 Å². The van der Waals surface area contributed by atoms with Crippen LogP contribution in [0.3, 0.4) is 0 Å². The van der Waals surface area contributed by atoms with E-state index in [1.165, 1.54) is 12.1 Å². The molecule has 6 heteroatoms. The van der Waals surface area contributed by atoms with Crippen molar-refractivity contribution in [3.8, 4) is 0 Å². The Morgan fingerprint density at radius 3 is 2.38 bits per heavy atom. The van der Waals surface area contributed by atoms with Crippen LogP contribution in [-0.4, -0.2) is 11.8 Å². The average Bonchev–Trinajstić information content (AvgIpc) is 2.47. The van der Waals surface area contributed by atoms with Crippen molar-refractivity contribution in [2.75, 3.05) is 0 Å². The lowest BCUT2D eigenvalue weighted by Crippen LogP contribution is -2.41. The Labute approximate surface area is 129 Å². The van der Waals surface area contributed by atoms with Crippen LogP contribution in [0.1, 0.15) is 26.3 Å². The highest BCUT2D eigenvalue weighted by Gasteiger charge is 2.12. The van der Waals surface area contributed by atoms with Gasteiger partial charge in [0.2, 0.25) is 0 Å². The molecule has 4 nitrogen and oxygen atoms in total. The van der Waals surface area contributed by atoms with E-state index in [0.29, 0.717) is 15.6 Å². The lowest BCUT2D eigenvalue weighted by atomic mass is 10.1. The quantitative estimate of drug-likeness (QED) is 0.818. The van der Waals surface area contributed by atoms with E-state index >= 15 is 0 Å². The molecular weight excluding hydrogens is 339 g/mol. The molecule has 2 aromatic carbocycles. The maximum absolute atomic E-state index is 13.4. The Morgan fingerprint density at radius 1 is 1.05 bits per heavy atom. The fourth-order valence-corrected chi connectivity index (χ4v) is 2.10. The summed E-state index contributed by atoms with van der Waals surface area (Å²) in [6.45, 7) is 1.60. The third-order valence-corrected chi connectivity index (χ3v) is 3.53. The molecule has 2 N–H and O–H groups in total. The molecule has 0 aliphatic rings. The molecule has 0 aliphatic heterocycles. The predicted octanol–water partition coefficient (Wildman–Crippen LogP) is 2.97. The zero-order valence-electron chi connectivity index (χ0n) is 11.1. The molecule has 0 unspecified atom stereocenters. The van der Waals surface area contributed by atoms with E-state index in [0.717, 1.165) is 6.07 Å². The summed E-state index contributed by atoms with van der Waals surface area (Å²) in [4.78, 5) is 23.7. The number of carbonyl (C=O) groups excluding carboxylic acids is 2. The molecule has 0 bridgehead atoms. The lowest BCUT2D eigenvalue weighted by Gasteiger charge is -2.09. The first-order chi connectivity index (χ1) is 9.99. The summed E-state index contributed by atoms with van der Waals surface area (Å²) in [6, 6.07) is 10.9. The minimum absolute atomic E-state index is 0.130. The Kier molecular flexibility index (Phi) is 4.70. The summed E-state index contributed by atoms with van der Waals surface area (Å²) < 4.78 is 14.0. The molecule has 0 radical (unpaired) electrons. The molecular formula is C15H12BrFN2O2. The van der Waals surface area contributed by atoms with Crippen molar-refractivity contribution in [3.63, 3.8) is 0 Å². The molecule has 21 heavy (non-hydrogen) atoms. The third-order valence-electron chi connectivity index (χ3n) is 2.84. The van der Waals surface area contributed by atoms with Crippen LogP contribution in [0.25, 0.3) is 0 Å². The maximum atomic E-state index is 13.4. The highest BCUT2D eigenvalue weighted by molar-refractivity contribution is 9.10. The van der Waals surface area contributed by atoms with Crippen molar-refractivity contribution in [2.45, 2.75) is 6.92 Å². The van der Waals surface area contributed by atoms with Gasteiger partial charge in [-0.05, 0) is 52.7 Å². The molecule has 2 amide bonds. The Bertz CT molecular complexity index is 704. The van der Waals surface area contributed by atoms with E-state index in [4.69, 9.17) is 0 Å². The van der Waals surface area contributed by atoms with Gasteiger partial charge in [-0.15, -0.1) is 0 Å². The van der Waals surface area contributed by atoms with E-state index < -0.39 is 17.6 Å². The molecule has 2 rings (SSSR count). The SMILES string of the molecule is Cc1ccc(C(=O)NNC(=O)c2ccccc2Br)cc1F. The van der Waals surface area contributed by atoms with Crippen LogP contribution >= 0.6 is 15.9 Å². The zero-order chi connectivity index (χ0) is 15.4. The van der Waals surface area contributed by atoms with E-state index in [1.807, 2.05) is 0 Å². The number of nitrogens with one attached hydrogen (secondary N) is 2. The summed E-state index contributed by atoms with van der Waals surface area (Å²) in [7, 11) is 0. The van der Waals surface area contributed by atoms with Gasteiger partial charge in [-0.25, -0.2) is 4.39 Å². The fraction of sp³-hybridized carbons (Fsp3) is 0.0667. The van der Waals surface area contributed by atoms with Crippen LogP contribution in [0.15, 0.2) is 46.9 Å². The summed E-state index contributed by atoms with van der Waals surface area (Å²) in [5.74, 6) is -1.53. The van der Waals surface area contributed by atoms with Gasteiger partial charge in [0, 0.05) is 10.0 Å². The van der Waals surface area contributed by atoms with E-state index in [-0.39, 0.29) is 5.56 Å². The number of hydrazine groups is 1. The van der Waals surface area contributed by atoms with Crippen LogP contribution < -0.4 is 10.9 Å². The van der Waals surface area contributed by atoms with Gasteiger partial charge in [0.1, 0.15) is 5.82 Å². The average molecular weight is 351 g/mol. The Hall–Kier alpha value is -2.21. The van der Waals surface area contributed by atoms with E-state index in [2.05, 4.69) is 26.8 Å². The summed E-state index contributed by atoms with van der Waals surface area (Å²) in [6.07, 6.45) is 0. The number of aryl methyl sites for hydroxylation is 1. The smallest absolute Gasteiger partial charge is 0.267 e. The van der Waals surface area contributed by atoms with Crippen molar-refractivity contribution in [2.24, 2.45) is 0 Å². The normalized spacial score (nSPS) is 10.0. The molecule has 0 spiro atoms. The van der Waals surface area contributed by atoms with Crippen LogP contribution in [0.2, 0.25) is 0 Å². The van der Waals surface area contributed by atoms with E-state index in [1.54, 1.807) is 31.2 Å². The second-order valence-corrected chi connectivity index (χ2v) is 5.21. The van der Waals surface area contributed by atoms with Gasteiger partial charge in [-0.2, -0.15) is 0 Å². The first-order valence-corrected chi connectivity index (χ1v) is 6.89. The molecule has 0 saturated carbocycles. The van der Waals surface area contributed by atoms with Crippen LogP contribution in [0.5, 0.6) is 0 Å². The van der Waals surface area contributed by atoms with Crippen LogP contribution in [-0.2, 0) is 0 Å². The Morgan fingerprint density at radius 2 is 1.71 bits per heavy atom. The number of benzene rings is 2. The first kappa shape index (κ1) is 15.2. The lowest BCUT2D eigenvalue weighted by molar-refractivity contribution is 0.0846. The highest BCUT2D eigenvalue weighted by Crippen LogP contribution is 2.15. The van der Waals surface area contributed by atoms with Gasteiger partial charge in [0.15, 0.2) is 0 Å². The number of carbonyl (C=O) groups is 2. The zero-order valence-corrected chi connectivity index (χ0v) is 12.7. The predicted molar refractivity (Wildman–Crippen MR) is 80.2 cm³/mol. The van der Waals surface area contributed by atoms with Gasteiger partial charge in [-0.3, -0.25) is 20.4 Å². The summed E-state index contributed by atoms with van der Waals surface area (Å²) >= 11 is 3.24. The minimum atomic E-state index is -0.589. The van der Waals surface area contributed by atoms with Crippen molar-refractivity contribution < 1.29 is 14.0 Å². The molecule has 0 aliphatic carbocycles. The fourth-order valence-electron chi connectivity index (χ4n) is 1.63. The Balaban J connectivity index is 2.02. The topological polar surface area (TPSA) is 58.2 Å². The molecule has 2 aromatic rings. The van der Waals surface area contributed by atoms with E-state index in [9.17, 15) is 14.0 Å². The van der Waals surface area contributed by atoms with Gasteiger partial charge < -0.3 is 0 Å². The van der Waals surface area contributed by atoms with Crippen LogP contribution in [0.4, 0.5) is 4.39 Å². The molecule has 108 valence electrons. The second-order valence-electron chi connectivity index (χ2n) is 4.35. The molecule has 0 heterocycles. The second kappa shape index (κ2) is 6.49. The van der Waals surface area contributed by atoms with Gasteiger partial charge in [0.05, 0.1) is 5.56 Å². The highest BCUT2D eigenvalue weighted by atomic mass is 79.9. The molecule has 0 aromatic heterocycles. The third kappa shape index (κ3) is 3.66. The summed E-state index contributed by atoms with van der Waals surface area (Å²) in [5, 5.41) is 0. The number of hydrogen-bond donors (Lipinski definition) is 2. The minimum Gasteiger partial charge on any atom is -0.267 e. The van der Waals surface area contributed by atoms with Gasteiger partial charge >= 0.3 is 0 Å². The maximum Gasteiger partial charge on any atom is 0.270 e.